The number of piperidine rings is 1. The van der Waals surface area contributed by atoms with Crippen LogP contribution in [0.25, 0.3) is 0 Å². The Morgan fingerprint density at radius 3 is 2.59 bits per heavy atom. The van der Waals surface area contributed by atoms with Crippen molar-refractivity contribution < 1.29 is 23.1 Å². The predicted molar refractivity (Wildman–Crippen MR) is 95.0 cm³/mol. The summed E-state index contributed by atoms with van der Waals surface area (Å²) < 4.78 is 32.7. The zero-order valence-electron chi connectivity index (χ0n) is 14.7. The van der Waals surface area contributed by atoms with Gasteiger partial charge in [0.1, 0.15) is 17.4 Å². The van der Waals surface area contributed by atoms with Crippen LogP contribution in [-0.2, 0) is 6.42 Å². The quantitative estimate of drug-likeness (QED) is 0.774. The summed E-state index contributed by atoms with van der Waals surface area (Å²) in [5.41, 5.74) is 1.44. The summed E-state index contributed by atoms with van der Waals surface area (Å²) in [7, 11) is 0. The number of amides is 1. The first-order valence-electron chi connectivity index (χ1n) is 9.07. The first kappa shape index (κ1) is 17.6. The molecule has 2 aromatic carbocycles. The molecule has 2 aliphatic heterocycles. The maximum absolute atomic E-state index is 13.8. The summed E-state index contributed by atoms with van der Waals surface area (Å²) >= 11 is 0. The van der Waals surface area contributed by atoms with Crippen LogP contribution in [0.5, 0.6) is 5.75 Å². The maximum atomic E-state index is 13.8. The molecule has 140 valence electrons. The summed E-state index contributed by atoms with van der Waals surface area (Å²) in [5.74, 6) is -1.39. The van der Waals surface area contributed by atoms with E-state index < -0.39 is 23.3 Å². The van der Waals surface area contributed by atoms with Crippen LogP contribution < -0.4 is 4.74 Å². The molecule has 27 heavy (non-hydrogen) atoms. The maximum Gasteiger partial charge on any atom is 0.253 e. The number of carbonyl (C=O) groups is 2. The highest BCUT2D eigenvalue weighted by Crippen LogP contribution is 2.28. The van der Waals surface area contributed by atoms with Gasteiger partial charge in [-0.1, -0.05) is 0 Å². The first-order chi connectivity index (χ1) is 13.0. The average molecular weight is 371 g/mol. The van der Waals surface area contributed by atoms with E-state index in [1.165, 1.54) is 0 Å². The summed E-state index contributed by atoms with van der Waals surface area (Å²) in [6, 6.07) is 8.35. The van der Waals surface area contributed by atoms with Gasteiger partial charge in [0.05, 0.1) is 12.2 Å². The first-order valence-corrected chi connectivity index (χ1v) is 9.07. The smallest absolute Gasteiger partial charge is 0.253 e. The number of ketones is 1. The minimum absolute atomic E-state index is 0.0764. The molecule has 4 rings (SSSR count). The number of hydrogen-bond acceptors (Lipinski definition) is 3. The minimum Gasteiger partial charge on any atom is -0.493 e. The SMILES string of the molecule is O=C(c1cc(F)ccc1F)C1CCN(C(=O)c2ccc3c(c2)CCO3)CC1. The average Bonchev–Trinajstić information content (AvgIpc) is 3.16. The van der Waals surface area contributed by atoms with Gasteiger partial charge in [-0.25, -0.2) is 8.78 Å². The standard InChI is InChI=1S/C21H19F2NO3/c22-16-2-3-18(23)17(12-16)20(25)13-5-8-24(9-6-13)21(26)15-1-4-19-14(11-15)7-10-27-19/h1-4,11-13H,5-10H2. The zero-order valence-corrected chi connectivity index (χ0v) is 14.7. The monoisotopic (exact) mass is 371 g/mol. The number of ether oxygens (including phenoxy) is 1. The van der Waals surface area contributed by atoms with Crippen molar-refractivity contribution in [1.29, 1.82) is 0 Å². The van der Waals surface area contributed by atoms with Gasteiger partial charge in [-0.2, -0.15) is 0 Å². The number of fused-ring (bicyclic) bond motifs is 1. The molecular weight excluding hydrogens is 352 g/mol. The summed E-state index contributed by atoms with van der Waals surface area (Å²) in [6.45, 7) is 1.47. The van der Waals surface area contributed by atoms with Gasteiger partial charge in [-0.3, -0.25) is 9.59 Å². The molecular formula is C21H19F2NO3. The van der Waals surface area contributed by atoms with E-state index >= 15 is 0 Å². The van der Waals surface area contributed by atoms with Gasteiger partial charge in [0.15, 0.2) is 5.78 Å². The normalized spacial score (nSPS) is 16.7. The van der Waals surface area contributed by atoms with Crippen molar-refractivity contribution in [3.63, 3.8) is 0 Å². The van der Waals surface area contributed by atoms with Crippen LogP contribution in [0, 0.1) is 17.6 Å². The van der Waals surface area contributed by atoms with Gasteiger partial charge < -0.3 is 9.64 Å². The molecule has 0 radical (unpaired) electrons. The van der Waals surface area contributed by atoms with Crippen LogP contribution in [0.4, 0.5) is 8.78 Å². The Morgan fingerprint density at radius 2 is 1.81 bits per heavy atom. The van der Waals surface area contributed by atoms with Gasteiger partial charge >= 0.3 is 0 Å². The van der Waals surface area contributed by atoms with Crippen molar-refractivity contribution in [2.45, 2.75) is 19.3 Å². The largest absolute Gasteiger partial charge is 0.493 e. The van der Waals surface area contributed by atoms with Gasteiger partial charge in [0, 0.05) is 31.0 Å². The molecule has 1 saturated heterocycles. The Bertz CT molecular complexity index is 904. The van der Waals surface area contributed by atoms with Gasteiger partial charge in [0.25, 0.3) is 5.91 Å². The van der Waals surface area contributed by atoms with E-state index in [4.69, 9.17) is 4.74 Å². The summed E-state index contributed by atoms with van der Waals surface area (Å²) in [5, 5.41) is 0. The third-order valence-corrected chi connectivity index (χ3v) is 5.28. The second-order valence-electron chi connectivity index (χ2n) is 6.98. The number of carbonyl (C=O) groups excluding carboxylic acids is 2. The Labute approximate surface area is 155 Å². The zero-order chi connectivity index (χ0) is 19.0. The van der Waals surface area contributed by atoms with E-state index in [9.17, 15) is 18.4 Å². The van der Waals surface area contributed by atoms with E-state index in [-0.39, 0.29) is 11.5 Å². The molecule has 1 fully saturated rings. The van der Waals surface area contributed by atoms with Crippen molar-refractivity contribution in [2.24, 2.45) is 5.92 Å². The predicted octanol–water partition coefficient (Wildman–Crippen LogP) is 3.63. The highest BCUT2D eigenvalue weighted by atomic mass is 19.1. The topological polar surface area (TPSA) is 46.6 Å². The highest BCUT2D eigenvalue weighted by Gasteiger charge is 2.30. The molecule has 6 heteroatoms. The van der Waals surface area contributed by atoms with Crippen molar-refractivity contribution in [3.8, 4) is 5.75 Å². The van der Waals surface area contributed by atoms with Gasteiger partial charge in [0.2, 0.25) is 0 Å². The highest BCUT2D eigenvalue weighted by molar-refractivity contribution is 5.98. The molecule has 1 amide bonds. The van der Waals surface area contributed by atoms with Crippen molar-refractivity contribution in [2.75, 3.05) is 19.7 Å². The van der Waals surface area contributed by atoms with E-state index in [1.807, 2.05) is 12.1 Å². The van der Waals surface area contributed by atoms with E-state index in [0.29, 0.717) is 38.1 Å². The lowest BCUT2D eigenvalue weighted by Gasteiger charge is -2.31. The van der Waals surface area contributed by atoms with Crippen LogP contribution in [0.3, 0.4) is 0 Å². The third-order valence-electron chi connectivity index (χ3n) is 5.28. The molecule has 0 aromatic heterocycles. The molecule has 0 atom stereocenters. The molecule has 0 saturated carbocycles. The lowest BCUT2D eigenvalue weighted by atomic mass is 9.88. The van der Waals surface area contributed by atoms with Crippen LogP contribution in [0.2, 0.25) is 0 Å². The fourth-order valence-electron chi connectivity index (χ4n) is 3.75. The molecule has 0 N–H and O–H groups in total. The van der Waals surface area contributed by atoms with Crippen LogP contribution in [0.1, 0.15) is 39.1 Å². The molecule has 4 nitrogen and oxygen atoms in total. The second kappa shape index (κ2) is 7.10. The number of rotatable bonds is 3. The fraction of sp³-hybridized carbons (Fsp3) is 0.333. The van der Waals surface area contributed by atoms with Crippen LogP contribution in [-0.4, -0.2) is 36.3 Å². The van der Waals surface area contributed by atoms with Crippen molar-refractivity contribution >= 4 is 11.7 Å². The Balaban J connectivity index is 1.42. The fourth-order valence-corrected chi connectivity index (χ4v) is 3.75. The number of nitrogens with zero attached hydrogens (tertiary/aromatic N) is 1. The molecule has 0 spiro atoms. The Kier molecular flexibility index (Phi) is 4.64. The van der Waals surface area contributed by atoms with Gasteiger partial charge in [-0.05, 0) is 54.8 Å². The van der Waals surface area contributed by atoms with E-state index in [1.54, 1.807) is 11.0 Å². The Hall–Kier alpha value is -2.76. The lowest BCUT2D eigenvalue weighted by molar-refractivity contribution is 0.0649. The molecule has 0 bridgehead atoms. The summed E-state index contributed by atoms with van der Waals surface area (Å²) in [4.78, 5) is 27.0. The lowest BCUT2D eigenvalue weighted by Crippen LogP contribution is -2.40. The number of likely N-dealkylation sites (tertiary alicyclic amines) is 1. The number of halogens is 2. The van der Waals surface area contributed by atoms with E-state index in [2.05, 4.69) is 0 Å². The van der Waals surface area contributed by atoms with E-state index in [0.717, 1.165) is 35.9 Å². The van der Waals surface area contributed by atoms with Crippen LogP contribution in [0.15, 0.2) is 36.4 Å². The number of benzene rings is 2. The third kappa shape index (κ3) is 3.44. The number of hydrogen-bond donors (Lipinski definition) is 0. The molecule has 0 aliphatic carbocycles. The molecule has 2 aromatic rings. The minimum atomic E-state index is -0.708. The molecule has 2 heterocycles. The van der Waals surface area contributed by atoms with Crippen molar-refractivity contribution in [3.05, 3.63) is 64.7 Å². The number of Topliss-reactive ketones (excluding diaryl/α,β-unsaturated/α-hetero) is 1. The summed E-state index contributed by atoms with van der Waals surface area (Å²) in [6.07, 6.45) is 1.68. The van der Waals surface area contributed by atoms with Crippen molar-refractivity contribution in [1.82, 2.24) is 4.90 Å². The van der Waals surface area contributed by atoms with Gasteiger partial charge in [-0.15, -0.1) is 0 Å². The Morgan fingerprint density at radius 1 is 1.04 bits per heavy atom. The second-order valence-corrected chi connectivity index (χ2v) is 6.98. The van der Waals surface area contributed by atoms with Crippen LogP contribution >= 0.6 is 0 Å². The molecule has 0 unspecified atom stereocenters. The molecule has 2 aliphatic rings.